The smallest absolute Gasteiger partial charge is 0.225 e. The van der Waals surface area contributed by atoms with Gasteiger partial charge in [0.15, 0.2) is 11.6 Å². The van der Waals surface area contributed by atoms with E-state index in [9.17, 15) is 4.79 Å². The van der Waals surface area contributed by atoms with Crippen LogP contribution in [0.15, 0.2) is 42.6 Å². The fourth-order valence-electron chi connectivity index (χ4n) is 3.30. The van der Waals surface area contributed by atoms with E-state index in [0.29, 0.717) is 17.3 Å². The van der Waals surface area contributed by atoms with Gasteiger partial charge in [0.2, 0.25) is 5.91 Å². The monoisotopic (exact) mass is 375 g/mol. The largest absolute Gasteiger partial charge is 0.369 e. The summed E-state index contributed by atoms with van der Waals surface area (Å²) >= 11 is 0. The number of aryl methyl sites for hydroxylation is 1. The molecule has 1 aromatic carbocycles. The molecule has 0 bridgehead atoms. The third-order valence-electron chi connectivity index (χ3n) is 4.46. The number of rotatable bonds is 5. The van der Waals surface area contributed by atoms with Gasteiger partial charge in [-0.25, -0.2) is 9.67 Å². The molecular weight excluding hydrogens is 354 g/mol. The normalized spacial score (nSPS) is 11.4. The summed E-state index contributed by atoms with van der Waals surface area (Å²) in [5.74, 6) is 0.424. The van der Waals surface area contributed by atoms with Crippen LogP contribution in [0.3, 0.4) is 0 Å². The van der Waals surface area contributed by atoms with E-state index >= 15 is 0 Å². The van der Waals surface area contributed by atoms with Gasteiger partial charge < -0.3 is 5.73 Å². The molecule has 0 aliphatic heterocycles. The molecule has 0 aliphatic carbocycles. The van der Waals surface area contributed by atoms with Crippen LogP contribution in [0.25, 0.3) is 28.1 Å². The summed E-state index contributed by atoms with van der Waals surface area (Å²) < 4.78 is 3.63. The van der Waals surface area contributed by atoms with Crippen LogP contribution in [0.5, 0.6) is 0 Å². The van der Waals surface area contributed by atoms with Crippen LogP contribution in [0.2, 0.25) is 0 Å². The minimum absolute atomic E-state index is 0.0396. The Morgan fingerprint density at radius 1 is 1.18 bits per heavy atom. The molecule has 0 spiro atoms. The molecule has 0 aliphatic rings. The summed E-state index contributed by atoms with van der Waals surface area (Å²) in [6.07, 6.45) is 1.70. The van der Waals surface area contributed by atoms with E-state index in [1.54, 1.807) is 10.9 Å². The van der Waals surface area contributed by atoms with Crippen LogP contribution in [0.4, 0.5) is 0 Å². The molecule has 0 atom stereocenters. The molecule has 1 amide bonds. The fourth-order valence-corrected chi connectivity index (χ4v) is 3.30. The van der Waals surface area contributed by atoms with Gasteiger partial charge in [0.1, 0.15) is 5.69 Å². The number of aromatic nitrogens is 6. The fraction of sp³-hybridized carbons (Fsp3) is 0.250. The molecule has 3 heterocycles. The molecule has 8 nitrogen and oxygen atoms in total. The van der Waals surface area contributed by atoms with Crippen LogP contribution in [0.1, 0.15) is 31.4 Å². The van der Waals surface area contributed by atoms with Crippen molar-refractivity contribution < 1.29 is 4.79 Å². The highest BCUT2D eigenvalue weighted by molar-refractivity contribution is 5.86. The Hall–Kier alpha value is -3.55. The van der Waals surface area contributed by atoms with Crippen LogP contribution < -0.4 is 5.73 Å². The molecule has 0 unspecified atom stereocenters. The number of carbonyl (C=O) groups is 1. The van der Waals surface area contributed by atoms with Crippen molar-refractivity contribution in [3.8, 4) is 17.2 Å². The highest BCUT2D eigenvalue weighted by Crippen LogP contribution is 2.26. The summed E-state index contributed by atoms with van der Waals surface area (Å²) in [6, 6.07) is 11.9. The number of hydrogen-bond acceptors (Lipinski definition) is 5. The second kappa shape index (κ2) is 6.88. The molecule has 0 fully saturated rings. The molecule has 8 heteroatoms. The number of nitrogens with zero attached hydrogens (tertiary/aromatic N) is 6. The van der Waals surface area contributed by atoms with Crippen molar-refractivity contribution in [2.75, 3.05) is 0 Å². The van der Waals surface area contributed by atoms with E-state index in [2.05, 4.69) is 28.9 Å². The van der Waals surface area contributed by atoms with Crippen molar-refractivity contribution >= 4 is 16.8 Å². The van der Waals surface area contributed by atoms with E-state index in [1.807, 2.05) is 48.0 Å². The number of pyridine rings is 1. The van der Waals surface area contributed by atoms with Gasteiger partial charge in [-0.1, -0.05) is 18.2 Å². The van der Waals surface area contributed by atoms with Crippen LogP contribution in [-0.2, 0) is 11.2 Å². The van der Waals surface area contributed by atoms with Gasteiger partial charge in [-0.3, -0.25) is 14.5 Å². The lowest BCUT2D eigenvalue weighted by atomic mass is 10.2. The van der Waals surface area contributed by atoms with Crippen molar-refractivity contribution in [1.29, 1.82) is 0 Å². The zero-order valence-electron chi connectivity index (χ0n) is 16.0. The van der Waals surface area contributed by atoms with Gasteiger partial charge in [0, 0.05) is 23.3 Å². The van der Waals surface area contributed by atoms with Crippen LogP contribution >= 0.6 is 0 Å². The van der Waals surface area contributed by atoms with Crippen molar-refractivity contribution in [3.05, 3.63) is 54.1 Å². The first kappa shape index (κ1) is 17.8. The Labute approximate surface area is 162 Å². The Morgan fingerprint density at radius 2 is 1.96 bits per heavy atom. The topological polar surface area (TPSA) is 105 Å². The SMILES string of the molecule is Cc1cc(-c2nc(CC(N)=O)nn2-c2cccc3cccnc23)nn1C(C)C. The van der Waals surface area contributed by atoms with Gasteiger partial charge in [0.25, 0.3) is 0 Å². The highest BCUT2D eigenvalue weighted by atomic mass is 16.1. The molecule has 142 valence electrons. The lowest BCUT2D eigenvalue weighted by molar-refractivity contribution is -0.117. The molecule has 28 heavy (non-hydrogen) atoms. The second-order valence-corrected chi connectivity index (χ2v) is 6.97. The van der Waals surface area contributed by atoms with Crippen LogP contribution in [0, 0.1) is 6.92 Å². The maximum atomic E-state index is 11.4. The van der Waals surface area contributed by atoms with Gasteiger partial charge in [-0.15, -0.1) is 0 Å². The average Bonchev–Trinajstić information content (AvgIpc) is 3.24. The predicted octanol–water partition coefficient (Wildman–Crippen LogP) is 2.60. The van der Waals surface area contributed by atoms with Gasteiger partial charge in [-0.05, 0) is 39.0 Å². The van der Waals surface area contributed by atoms with Gasteiger partial charge >= 0.3 is 0 Å². The molecule has 0 radical (unpaired) electrons. The molecule has 4 aromatic rings. The maximum Gasteiger partial charge on any atom is 0.225 e. The molecule has 4 rings (SSSR count). The first-order chi connectivity index (χ1) is 13.4. The number of benzene rings is 1. The first-order valence-electron chi connectivity index (χ1n) is 9.09. The minimum atomic E-state index is -0.483. The van der Waals surface area contributed by atoms with E-state index < -0.39 is 5.91 Å². The highest BCUT2D eigenvalue weighted by Gasteiger charge is 2.20. The van der Waals surface area contributed by atoms with E-state index in [1.165, 1.54) is 0 Å². The lowest BCUT2D eigenvalue weighted by Gasteiger charge is -2.08. The quantitative estimate of drug-likeness (QED) is 0.577. The second-order valence-electron chi connectivity index (χ2n) is 6.97. The summed E-state index contributed by atoms with van der Waals surface area (Å²) in [7, 11) is 0. The van der Waals surface area contributed by atoms with Gasteiger partial charge in [-0.2, -0.15) is 10.2 Å². The van der Waals surface area contributed by atoms with Crippen LogP contribution in [-0.4, -0.2) is 35.4 Å². The Bertz CT molecular complexity index is 1170. The summed E-state index contributed by atoms with van der Waals surface area (Å²) in [5.41, 5.74) is 8.63. The lowest BCUT2D eigenvalue weighted by Crippen LogP contribution is -2.14. The number of nitrogens with two attached hydrogens (primary N) is 1. The van der Waals surface area contributed by atoms with Crippen molar-refractivity contribution in [2.45, 2.75) is 33.2 Å². The Kier molecular flexibility index (Phi) is 4.38. The number of carbonyl (C=O) groups excluding carboxylic acids is 1. The number of amides is 1. The maximum absolute atomic E-state index is 11.4. The molecule has 0 saturated carbocycles. The molecule has 2 N–H and O–H groups in total. The number of fused-ring (bicyclic) bond motifs is 1. The van der Waals surface area contributed by atoms with Crippen molar-refractivity contribution in [3.63, 3.8) is 0 Å². The Morgan fingerprint density at radius 3 is 2.68 bits per heavy atom. The third-order valence-corrected chi connectivity index (χ3v) is 4.46. The van der Waals surface area contributed by atoms with E-state index in [4.69, 9.17) is 10.8 Å². The molecular formula is C20H21N7O. The van der Waals surface area contributed by atoms with Gasteiger partial charge in [0.05, 0.1) is 17.6 Å². The first-order valence-corrected chi connectivity index (χ1v) is 9.09. The number of hydrogen-bond donors (Lipinski definition) is 1. The van der Waals surface area contributed by atoms with E-state index in [0.717, 1.165) is 22.3 Å². The average molecular weight is 375 g/mol. The number of primary amides is 1. The zero-order valence-corrected chi connectivity index (χ0v) is 16.0. The number of para-hydroxylation sites is 1. The molecule has 0 saturated heterocycles. The van der Waals surface area contributed by atoms with Crippen molar-refractivity contribution in [1.82, 2.24) is 29.5 Å². The molecule has 3 aromatic heterocycles. The Balaban J connectivity index is 1.95. The predicted molar refractivity (Wildman–Crippen MR) is 106 cm³/mol. The zero-order chi connectivity index (χ0) is 19.8. The minimum Gasteiger partial charge on any atom is -0.369 e. The summed E-state index contributed by atoms with van der Waals surface area (Å²) in [6.45, 7) is 6.14. The third kappa shape index (κ3) is 3.13. The van der Waals surface area contributed by atoms with Crippen molar-refractivity contribution in [2.24, 2.45) is 5.73 Å². The van der Waals surface area contributed by atoms with E-state index in [-0.39, 0.29) is 12.5 Å². The summed E-state index contributed by atoms with van der Waals surface area (Å²) in [4.78, 5) is 20.5. The summed E-state index contributed by atoms with van der Waals surface area (Å²) in [5, 5.41) is 10.2. The standard InChI is InChI=1S/C20H21N7O/c1-12(2)26-13(3)10-15(24-26)20-23-18(11-17(21)28)25-27(20)16-8-4-6-14-7-5-9-22-19(14)16/h4-10,12H,11H2,1-3H3,(H2,21,28).